The zero-order chi connectivity index (χ0) is 23.3. The van der Waals surface area contributed by atoms with Gasteiger partial charge in [0.2, 0.25) is 11.9 Å². The molecule has 1 amide bonds. The van der Waals surface area contributed by atoms with Crippen molar-refractivity contribution in [2.75, 3.05) is 24.5 Å². The van der Waals surface area contributed by atoms with E-state index < -0.39 is 0 Å². The number of fused-ring (bicyclic) bond motifs is 2. The van der Waals surface area contributed by atoms with Crippen molar-refractivity contribution in [3.05, 3.63) is 59.7 Å². The highest BCUT2D eigenvalue weighted by atomic mass is 16.5. The molecule has 0 bridgehead atoms. The van der Waals surface area contributed by atoms with E-state index in [0.29, 0.717) is 24.3 Å². The molecule has 34 heavy (non-hydrogen) atoms. The van der Waals surface area contributed by atoms with Crippen LogP contribution in [0.5, 0.6) is 0 Å². The van der Waals surface area contributed by atoms with Crippen molar-refractivity contribution in [2.45, 2.75) is 46.1 Å². The largest absolute Gasteiger partial charge is 0.364 e. The average molecular weight is 458 g/mol. The van der Waals surface area contributed by atoms with E-state index in [1.165, 1.54) is 6.42 Å². The molecule has 7 heteroatoms. The second-order valence-corrected chi connectivity index (χ2v) is 10.3. The third-order valence-electron chi connectivity index (χ3n) is 8.09. The topological polar surface area (TPSA) is 75.4 Å². The van der Waals surface area contributed by atoms with Crippen LogP contribution in [0.15, 0.2) is 47.2 Å². The lowest BCUT2D eigenvalue weighted by Crippen LogP contribution is -2.51. The molecule has 0 N–H and O–H groups in total. The van der Waals surface area contributed by atoms with Gasteiger partial charge in [-0.3, -0.25) is 4.79 Å². The Bertz CT molecular complexity index is 1180. The average Bonchev–Trinajstić information content (AvgIpc) is 3.50. The number of hydrogen-bond acceptors (Lipinski definition) is 6. The van der Waals surface area contributed by atoms with Crippen molar-refractivity contribution in [1.29, 1.82) is 0 Å². The molecule has 1 aromatic carbocycles. The highest BCUT2D eigenvalue weighted by molar-refractivity contribution is 5.84. The number of piperidine rings is 1. The van der Waals surface area contributed by atoms with Crippen LogP contribution in [0.2, 0.25) is 0 Å². The van der Waals surface area contributed by atoms with Crippen LogP contribution in [-0.4, -0.2) is 45.6 Å². The highest BCUT2D eigenvalue weighted by Gasteiger charge is 2.60. The monoisotopic (exact) mass is 457 g/mol. The van der Waals surface area contributed by atoms with Gasteiger partial charge in [-0.2, -0.15) is 0 Å². The normalized spacial score (nSPS) is 23.6. The zero-order valence-electron chi connectivity index (χ0n) is 19.9. The molecule has 0 radical (unpaired) electrons. The Morgan fingerprint density at radius 2 is 1.79 bits per heavy atom. The maximum Gasteiger partial charge on any atom is 0.229 e. The minimum atomic E-state index is -0.271. The van der Waals surface area contributed by atoms with Crippen molar-refractivity contribution in [2.24, 2.45) is 17.3 Å². The first-order valence-electron chi connectivity index (χ1n) is 12.4. The van der Waals surface area contributed by atoms with Crippen LogP contribution < -0.4 is 4.90 Å². The molecule has 1 saturated carbocycles. The maximum absolute atomic E-state index is 14.1. The predicted octanol–water partition coefficient (Wildman–Crippen LogP) is 4.40. The number of aromatic nitrogens is 3. The predicted molar refractivity (Wildman–Crippen MR) is 129 cm³/mol. The smallest absolute Gasteiger partial charge is 0.229 e. The standard InChI is InChI=1S/C27H31N5O2/c1-18-14-19(2)29-26(28-18)31-12-9-27(10-13-31)23-15-21(23)8-11-32(25(27)33)16-24-22(17-34-30-24)20-6-4-3-5-7-20/h3-7,14,17,21,23H,8-13,15-16H2,1-2H3. The summed E-state index contributed by atoms with van der Waals surface area (Å²) in [5.41, 5.74) is 4.59. The molecule has 4 heterocycles. The minimum absolute atomic E-state index is 0.271. The number of hydrogen-bond donors (Lipinski definition) is 0. The Morgan fingerprint density at radius 1 is 1.06 bits per heavy atom. The molecular weight excluding hydrogens is 426 g/mol. The van der Waals surface area contributed by atoms with E-state index in [1.807, 2.05) is 38.1 Å². The Balaban J connectivity index is 1.23. The van der Waals surface area contributed by atoms with E-state index in [9.17, 15) is 4.79 Å². The molecule has 1 spiro atoms. The summed E-state index contributed by atoms with van der Waals surface area (Å²) in [6.45, 7) is 6.98. The lowest BCUT2D eigenvalue weighted by molar-refractivity contribution is -0.145. The lowest BCUT2D eigenvalue weighted by atomic mass is 9.72. The molecule has 2 atom stereocenters. The summed E-state index contributed by atoms with van der Waals surface area (Å²) < 4.78 is 5.35. The molecule has 2 aliphatic heterocycles. The van der Waals surface area contributed by atoms with Gasteiger partial charge in [-0.05, 0) is 63.0 Å². The fourth-order valence-corrected chi connectivity index (χ4v) is 6.24. The second kappa shape index (κ2) is 8.22. The van der Waals surface area contributed by atoms with Gasteiger partial charge in [0.05, 0.1) is 12.0 Å². The van der Waals surface area contributed by atoms with Gasteiger partial charge in [0.25, 0.3) is 0 Å². The molecule has 2 saturated heterocycles. The quantitative estimate of drug-likeness (QED) is 0.578. The third-order valence-corrected chi connectivity index (χ3v) is 8.09. The number of benzene rings is 1. The molecule has 2 unspecified atom stereocenters. The molecular formula is C27H31N5O2. The third kappa shape index (κ3) is 3.67. The summed E-state index contributed by atoms with van der Waals surface area (Å²) in [6.07, 6.45) is 5.70. The number of nitrogens with zero attached hydrogens (tertiary/aromatic N) is 5. The Kier molecular flexibility index (Phi) is 5.15. The van der Waals surface area contributed by atoms with Gasteiger partial charge in [-0.1, -0.05) is 35.5 Å². The van der Waals surface area contributed by atoms with E-state index >= 15 is 0 Å². The van der Waals surface area contributed by atoms with E-state index in [-0.39, 0.29) is 5.41 Å². The first-order valence-corrected chi connectivity index (χ1v) is 12.4. The summed E-state index contributed by atoms with van der Waals surface area (Å²) in [6, 6.07) is 12.1. The highest BCUT2D eigenvalue weighted by Crippen LogP contribution is 2.59. The lowest BCUT2D eigenvalue weighted by Gasteiger charge is -2.43. The molecule has 6 rings (SSSR count). The van der Waals surface area contributed by atoms with Crippen LogP contribution >= 0.6 is 0 Å². The van der Waals surface area contributed by atoms with Crippen molar-refractivity contribution in [1.82, 2.24) is 20.0 Å². The molecule has 1 aliphatic carbocycles. The Labute approximate surface area is 200 Å². The number of rotatable bonds is 4. The number of carbonyl (C=O) groups is 1. The van der Waals surface area contributed by atoms with Gasteiger partial charge in [0.1, 0.15) is 12.0 Å². The number of likely N-dealkylation sites (tertiary alicyclic amines) is 1. The van der Waals surface area contributed by atoms with Crippen molar-refractivity contribution >= 4 is 11.9 Å². The zero-order valence-corrected chi connectivity index (χ0v) is 19.9. The number of aryl methyl sites for hydroxylation is 2. The van der Waals surface area contributed by atoms with Crippen LogP contribution in [0.1, 0.15) is 42.8 Å². The summed E-state index contributed by atoms with van der Waals surface area (Å²) in [5, 5.41) is 4.29. The first-order chi connectivity index (χ1) is 16.5. The van der Waals surface area contributed by atoms with Crippen LogP contribution in [0.4, 0.5) is 5.95 Å². The molecule has 7 nitrogen and oxygen atoms in total. The van der Waals surface area contributed by atoms with Gasteiger partial charge in [-0.15, -0.1) is 0 Å². The number of anilines is 1. The molecule has 3 fully saturated rings. The molecule has 176 valence electrons. The summed E-state index contributed by atoms with van der Waals surface area (Å²) in [4.78, 5) is 27.7. The summed E-state index contributed by atoms with van der Waals surface area (Å²) in [7, 11) is 0. The van der Waals surface area contributed by atoms with Gasteiger partial charge in [0.15, 0.2) is 0 Å². The maximum atomic E-state index is 14.1. The fourth-order valence-electron chi connectivity index (χ4n) is 6.24. The van der Waals surface area contributed by atoms with Gasteiger partial charge < -0.3 is 14.3 Å². The molecule has 2 aromatic heterocycles. The molecule has 3 aromatic rings. The van der Waals surface area contributed by atoms with E-state index in [2.05, 4.69) is 37.1 Å². The summed E-state index contributed by atoms with van der Waals surface area (Å²) >= 11 is 0. The number of carbonyl (C=O) groups excluding carboxylic acids is 1. The first kappa shape index (κ1) is 21.3. The molecule has 3 aliphatic rings. The van der Waals surface area contributed by atoms with Crippen LogP contribution in [0.25, 0.3) is 11.1 Å². The van der Waals surface area contributed by atoms with Crippen LogP contribution in [-0.2, 0) is 11.3 Å². The minimum Gasteiger partial charge on any atom is -0.364 e. The van der Waals surface area contributed by atoms with Gasteiger partial charge in [-0.25, -0.2) is 9.97 Å². The Hall–Kier alpha value is -3.22. The fraction of sp³-hybridized carbons (Fsp3) is 0.481. The number of amides is 1. The summed E-state index contributed by atoms with van der Waals surface area (Å²) in [5.74, 6) is 2.29. The van der Waals surface area contributed by atoms with E-state index in [0.717, 1.165) is 73.1 Å². The second-order valence-electron chi connectivity index (χ2n) is 10.3. The SMILES string of the molecule is Cc1cc(C)nc(N2CCC3(CC2)C(=O)N(Cc2nocc2-c2ccccc2)CCC2CC23)n1. The van der Waals surface area contributed by atoms with Crippen molar-refractivity contribution < 1.29 is 9.32 Å². The van der Waals surface area contributed by atoms with Crippen LogP contribution in [0.3, 0.4) is 0 Å². The van der Waals surface area contributed by atoms with Crippen LogP contribution in [0, 0.1) is 31.1 Å². The van der Waals surface area contributed by atoms with Crippen molar-refractivity contribution in [3.8, 4) is 11.1 Å². The van der Waals surface area contributed by atoms with Crippen molar-refractivity contribution in [3.63, 3.8) is 0 Å². The Morgan fingerprint density at radius 3 is 2.53 bits per heavy atom. The van der Waals surface area contributed by atoms with E-state index in [4.69, 9.17) is 4.52 Å². The van der Waals surface area contributed by atoms with Gasteiger partial charge >= 0.3 is 0 Å². The van der Waals surface area contributed by atoms with E-state index in [1.54, 1.807) is 6.26 Å². The van der Waals surface area contributed by atoms with Gasteiger partial charge in [0, 0.05) is 36.6 Å².